The molecule has 2 aliphatic rings. The number of carbonyl (C=O) groups excluding carboxylic acids is 1. The number of H-pyrrole nitrogens is 2. The molecule has 5 aromatic rings. The van der Waals surface area contributed by atoms with Crippen molar-refractivity contribution in [3.05, 3.63) is 60.4 Å². The van der Waals surface area contributed by atoms with Crippen LogP contribution < -0.4 is 0 Å². The lowest BCUT2D eigenvalue weighted by molar-refractivity contribution is 0.0218. The number of hydrogen-bond acceptors (Lipinski definition) is 6. The van der Waals surface area contributed by atoms with Crippen LogP contribution in [0.2, 0.25) is 0 Å². The highest BCUT2D eigenvalue weighted by Gasteiger charge is 2.36. The van der Waals surface area contributed by atoms with Gasteiger partial charge in [-0.05, 0) is 85.9 Å². The average Bonchev–Trinajstić information content (AvgIpc) is 3.79. The maximum absolute atomic E-state index is 12.8. The zero-order valence-electron chi connectivity index (χ0n) is 26.5. The van der Waals surface area contributed by atoms with Gasteiger partial charge in [0.15, 0.2) is 0 Å². The predicted molar refractivity (Wildman–Crippen MR) is 178 cm³/mol. The van der Waals surface area contributed by atoms with E-state index in [1.807, 2.05) is 44.5 Å². The molecular formula is C35H42N6O2S. The summed E-state index contributed by atoms with van der Waals surface area (Å²) in [5, 5.41) is 2.52. The Morgan fingerprint density at radius 1 is 0.818 bits per heavy atom. The number of imidazole rings is 2. The molecule has 230 valence electrons. The van der Waals surface area contributed by atoms with Gasteiger partial charge in [0.25, 0.3) is 0 Å². The molecule has 8 nitrogen and oxygen atoms in total. The zero-order valence-corrected chi connectivity index (χ0v) is 27.3. The van der Waals surface area contributed by atoms with Gasteiger partial charge in [-0.15, -0.1) is 11.3 Å². The van der Waals surface area contributed by atoms with E-state index in [1.54, 1.807) is 4.90 Å². The van der Waals surface area contributed by atoms with E-state index in [9.17, 15) is 4.79 Å². The molecule has 2 aliphatic heterocycles. The molecule has 5 heterocycles. The lowest BCUT2D eigenvalue weighted by Gasteiger charge is -2.36. The smallest absolute Gasteiger partial charge is 0.410 e. The average molecular weight is 611 g/mol. The van der Waals surface area contributed by atoms with Crippen LogP contribution >= 0.6 is 11.3 Å². The normalized spacial score (nSPS) is 19.9. The van der Waals surface area contributed by atoms with Crippen LogP contribution in [0, 0.1) is 0 Å². The van der Waals surface area contributed by atoms with E-state index >= 15 is 0 Å². The van der Waals surface area contributed by atoms with Crippen molar-refractivity contribution in [2.75, 3.05) is 13.1 Å². The summed E-state index contributed by atoms with van der Waals surface area (Å²) in [6.07, 6.45) is 7.75. The number of rotatable bonds is 4. The van der Waals surface area contributed by atoms with Crippen molar-refractivity contribution >= 4 is 37.6 Å². The van der Waals surface area contributed by atoms with Crippen molar-refractivity contribution in [1.29, 1.82) is 0 Å². The number of ether oxygens (including phenoxy) is 1. The number of thiophene rings is 1. The lowest BCUT2D eigenvalue weighted by atomic mass is 10.0. The number of hydrogen-bond donors (Lipinski definition) is 2. The molecule has 7 rings (SSSR count). The van der Waals surface area contributed by atoms with Crippen LogP contribution in [0.5, 0.6) is 0 Å². The van der Waals surface area contributed by atoms with Gasteiger partial charge in [-0.3, -0.25) is 9.80 Å². The number of benzene rings is 2. The molecule has 2 N–H and O–H groups in total. The Bertz CT molecular complexity index is 1840. The Morgan fingerprint density at radius 2 is 1.36 bits per heavy atom. The van der Waals surface area contributed by atoms with E-state index in [0.29, 0.717) is 12.6 Å². The molecule has 0 saturated carbocycles. The Balaban J connectivity index is 1.13. The molecule has 0 radical (unpaired) electrons. The molecule has 44 heavy (non-hydrogen) atoms. The third kappa shape index (κ3) is 5.41. The van der Waals surface area contributed by atoms with Crippen LogP contribution in [0.15, 0.2) is 48.8 Å². The van der Waals surface area contributed by atoms with E-state index in [-0.39, 0.29) is 17.7 Å². The number of nitrogens with zero attached hydrogens (tertiary/aromatic N) is 4. The molecule has 2 atom stereocenters. The van der Waals surface area contributed by atoms with Crippen LogP contribution in [-0.4, -0.2) is 60.1 Å². The Hall–Kier alpha value is -3.69. The maximum atomic E-state index is 12.8. The van der Waals surface area contributed by atoms with Crippen molar-refractivity contribution in [2.45, 2.75) is 90.4 Å². The molecule has 0 spiro atoms. The van der Waals surface area contributed by atoms with Crippen LogP contribution in [0.3, 0.4) is 0 Å². The van der Waals surface area contributed by atoms with Gasteiger partial charge in [-0.25, -0.2) is 14.8 Å². The standard InChI is InChI=1S/C35H42N6O2S/c1-34(2,3)41-16-8-10-28(41)32-37-20-26(39-32)22-12-14-24-23-13-11-21(17-29(23)44-30(24)18-22)25-19-36-31(38-25)27-9-7-15-40(27)33(42)43-35(4,5)6/h11-14,17-20,27-28H,7-10,15-16H2,1-6H3,(H,36,38)(H,37,39). The van der Waals surface area contributed by atoms with Gasteiger partial charge in [0, 0.05) is 43.4 Å². The summed E-state index contributed by atoms with van der Waals surface area (Å²) in [4.78, 5) is 33.9. The molecule has 1 amide bonds. The number of aromatic nitrogens is 4. The fourth-order valence-electron chi connectivity index (χ4n) is 6.86. The van der Waals surface area contributed by atoms with E-state index in [2.05, 4.69) is 72.0 Å². The minimum Gasteiger partial charge on any atom is -0.444 e. The highest BCUT2D eigenvalue weighted by molar-refractivity contribution is 7.25. The minimum absolute atomic E-state index is 0.0988. The first-order chi connectivity index (χ1) is 20.9. The summed E-state index contributed by atoms with van der Waals surface area (Å²) < 4.78 is 8.15. The lowest BCUT2D eigenvalue weighted by Crippen LogP contribution is -2.40. The molecule has 2 aromatic carbocycles. The largest absolute Gasteiger partial charge is 0.444 e. The fourth-order valence-corrected chi connectivity index (χ4v) is 8.05. The van der Waals surface area contributed by atoms with Gasteiger partial charge in [0.1, 0.15) is 17.2 Å². The Labute approximate surface area is 262 Å². The first kappa shape index (κ1) is 29.0. The topological polar surface area (TPSA) is 90.1 Å². The van der Waals surface area contributed by atoms with Crippen molar-refractivity contribution < 1.29 is 9.53 Å². The van der Waals surface area contributed by atoms with Gasteiger partial charge in [-0.1, -0.05) is 24.3 Å². The highest BCUT2D eigenvalue weighted by atomic mass is 32.1. The second-order valence-corrected chi connectivity index (χ2v) is 15.3. The van der Waals surface area contributed by atoms with Gasteiger partial charge >= 0.3 is 6.09 Å². The molecule has 2 unspecified atom stereocenters. The van der Waals surface area contributed by atoms with Gasteiger partial charge < -0.3 is 14.7 Å². The molecule has 2 saturated heterocycles. The Kier molecular flexibility index (Phi) is 7.09. The number of amides is 1. The second-order valence-electron chi connectivity index (χ2n) is 14.2. The minimum atomic E-state index is -0.524. The number of likely N-dealkylation sites (tertiary alicyclic amines) is 2. The van der Waals surface area contributed by atoms with Crippen LogP contribution in [-0.2, 0) is 4.74 Å². The number of aromatic amines is 2. The van der Waals surface area contributed by atoms with Gasteiger partial charge in [-0.2, -0.15) is 0 Å². The molecule has 0 aliphatic carbocycles. The number of nitrogens with one attached hydrogen (secondary N) is 2. The third-order valence-electron chi connectivity index (χ3n) is 8.91. The molecule has 0 bridgehead atoms. The summed E-state index contributed by atoms with van der Waals surface area (Å²) in [7, 11) is 0. The SMILES string of the molecule is CC(C)(C)OC(=O)N1CCCC1c1ncc(-c2ccc3c(c2)sc2cc(-c4cnc(C5CCCN5C(C)(C)C)[nH]4)ccc23)[nH]1. The van der Waals surface area contributed by atoms with E-state index < -0.39 is 5.60 Å². The highest BCUT2D eigenvalue weighted by Crippen LogP contribution is 2.40. The fraction of sp³-hybridized carbons (Fsp3) is 0.457. The Morgan fingerprint density at radius 3 is 1.93 bits per heavy atom. The molecule has 2 fully saturated rings. The van der Waals surface area contributed by atoms with Crippen LogP contribution in [0.25, 0.3) is 42.7 Å². The van der Waals surface area contributed by atoms with Crippen molar-refractivity contribution in [1.82, 2.24) is 29.7 Å². The number of fused-ring (bicyclic) bond motifs is 3. The summed E-state index contributed by atoms with van der Waals surface area (Å²) in [6.45, 7) is 14.4. The summed E-state index contributed by atoms with van der Waals surface area (Å²) in [5.74, 6) is 1.88. The van der Waals surface area contributed by atoms with Gasteiger partial charge in [0.2, 0.25) is 0 Å². The summed E-state index contributed by atoms with van der Waals surface area (Å²) >= 11 is 1.81. The van der Waals surface area contributed by atoms with Crippen molar-refractivity contribution in [3.8, 4) is 22.5 Å². The molecular weight excluding hydrogens is 568 g/mol. The molecule has 9 heteroatoms. The zero-order chi connectivity index (χ0) is 30.8. The predicted octanol–water partition coefficient (Wildman–Crippen LogP) is 8.84. The van der Waals surface area contributed by atoms with Crippen LogP contribution in [0.1, 0.15) is 91.0 Å². The second kappa shape index (κ2) is 10.7. The van der Waals surface area contributed by atoms with Crippen molar-refractivity contribution in [3.63, 3.8) is 0 Å². The molecule has 3 aromatic heterocycles. The van der Waals surface area contributed by atoms with E-state index in [4.69, 9.17) is 14.7 Å². The number of carbonyl (C=O) groups is 1. The summed E-state index contributed by atoms with van der Waals surface area (Å²) in [6, 6.07) is 13.6. The first-order valence-electron chi connectivity index (χ1n) is 15.8. The monoisotopic (exact) mass is 610 g/mol. The van der Waals surface area contributed by atoms with Crippen LogP contribution in [0.4, 0.5) is 4.79 Å². The third-order valence-corrected chi connectivity index (χ3v) is 10.0. The quantitative estimate of drug-likeness (QED) is 0.212. The van der Waals surface area contributed by atoms with E-state index in [0.717, 1.165) is 60.0 Å². The maximum Gasteiger partial charge on any atom is 0.410 e. The van der Waals surface area contributed by atoms with Gasteiger partial charge in [0.05, 0.1) is 35.9 Å². The van der Waals surface area contributed by atoms with Crippen molar-refractivity contribution in [2.24, 2.45) is 0 Å². The van der Waals surface area contributed by atoms with E-state index in [1.165, 1.54) is 26.6 Å². The summed E-state index contributed by atoms with van der Waals surface area (Å²) in [5.41, 5.74) is 3.87. The first-order valence-corrected chi connectivity index (χ1v) is 16.6.